The molecule has 31 heavy (non-hydrogen) atoms. The molecule has 0 aliphatic carbocycles. The average Bonchev–Trinajstić information content (AvgIpc) is 3.20. The van der Waals surface area contributed by atoms with Gasteiger partial charge in [-0.2, -0.15) is 0 Å². The van der Waals surface area contributed by atoms with Crippen LogP contribution < -0.4 is 14.4 Å². The van der Waals surface area contributed by atoms with Gasteiger partial charge in [-0.1, -0.05) is 29.9 Å². The van der Waals surface area contributed by atoms with Crippen molar-refractivity contribution in [1.29, 1.82) is 0 Å². The van der Waals surface area contributed by atoms with E-state index in [9.17, 15) is 13.2 Å². The summed E-state index contributed by atoms with van der Waals surface area (Å²) >= 11 is 7.11. The van der Waals surface area contributed by atoms with Gasteiger partial charge >= 0.3 is 0 Å². The number of nitrogens with one attached hydrogen (secondary N) is 1. The van der Waals surface area contributed by atoms with Crippen molar-refractivity contribution in [1.82, 2.24) is 10.2 Å². The Balaban J connectivity index is 1.82. The van der Waals surface area contributed by atoms with Gasteiger partial charge in [-0.25, -0.2) is 8.42 Å². The fourth-order valence-corrected chi connectivity index (χ4v) is 5.05. The molecule has 1 atom stereocenters. The number of anilines is 2. The number of methoxy groups -OCH3 is 1. The van der Waals surface area contributed by atoms with Gasteiger partial charge in [-0.15, -0.1) is 10.2 Å². The molecule has 164 valence electrons. The Morgan fingerprint density at radius 2 is 1.81 bits per heavy atom. The normalized spacial score (nSPS) is 12.3. The summed E-state index contributed by atoms with van der Waals surface area (Å²) in [6.45, 7) is 1.74. The van der Waals surface area contributed by atoms with Crippen molar-refractivity contribution >= 4 is 49.7 Å². The first-order valence-electron chi connectivity index (χ1n) is 9.26. The second kappa shape index (κ2) is 9.63. The molecular weight excluding hydrogens is 460 g/mol. The van der Waals surface area contributed by atoms with Crippen LogP contribution in [0.2, 0.25) is 5.02 Å². The van der Waals surface area contributed by atoms with Crippen molar-refractivity contribution in [2.75, 3.05) is 23.0 Å². The van der Waals surface area contributed by atoms with Crippen LogP contribution in [0, 0.1) is 0 Å². The highest BCUT2D eigenvalue weighted by Gasteiger charge is 2.32. The molecule has 0 radical (unpaired) electrons. The third-order valence-corrected chi connectivity index (χ3v) is 6.72. The molecule has 0 saturated heterocycles. The number of aromatic nitrogens is 2. The molecule has 0 bridgehead atoms. The SMILES string of the molecule is CC[C@@H](C(=O)Nc1nnc(-c2ccc(OC)cc2)s1)N(c1ccc(Cl)cc1)S(C)(=O)=O. The van der Waals surface area contributed by atoms with Gasteiger partial charge in [0.25, 0.3) is 0 Å². The summed E-state index contributed by atoms with van der Waals surface area (Å²) < 4.78 is 31.2. The van der Waals surface area contributed by atoms with Crippen molar-refractivity contribution in [2.24, 2.45) is 0 Å². The van der Waals surface area contributed by atoms with Gasteiger partial charge in [-0.05, 0) is 55.0 Å². The number of hydrogen-bond donors (Lipinski definition) is 1. The molecular formula is C20H21ClN4O4S2. The summed E-state index contributed by atoms with van der Waals surface area (Å²) in [5.41, 5.74) is 1.18. The predicted molar refractivity (Wildman–Crippen MR) is 123 cm³/mol. The zero-order valence-corrected chi connectivity index (χ0v) is 19.5. The molecule has 1 amide bonds. The Bertz CT molecular complexity index is 1150. The van der Waals surface area contributed by atoms with E-state index in [2.05, 4.69) is 15.5 Å². The van der Waals surface area contributed by atoms with Crippen LogP contribution >= 0.6 is 22.9 Å². The van der Waals surface area contributed by atoms with Gasteiger partial charge in [0.1, 0.15) is 16.8 Å². The van der Waals surface area contributed by atoms with Gasteiger partial charge in [0.05, 0.1) is 19.1 Å². The molecule has 0 saturated carbocycles. The maximum Gasteiger partial charge on any atom is 0.250 e. The third-order valence-electron chi connectivity index (χ3n) is 4.40. The molecule has 2 aromatic carbocycles. The number of nitrogens with zero attached hydrogens (tertiary/aromatic N) is 3. The highest BCUT2D eigenvalue weighted by atomic mass is 35.5. The number of ether oxygens (including phenoxy) is 1. The van der Waals surface area contributed by atoms with Crippen molar-refractivity contribution in [3.63, 3.8) is 0 Å². The van der Waals surface area contributed by atoms with Gasteiger partial charge in [0.15, 0.2) is 0 Å². The number of amides is 1. The number of halogens is 1. The lowest BCUT2D eigenvalue weighted by molar-refractivity contribution is -0.117. The van der Waals surface area contributed by atoms with E-state index in [1.165, 1.54) is 11.3 Å². The first-order valence-corrected chi connectivity index (χ1v) is 12.3. The second-order valence-corrected chi connectivity index (χ2v) is 9.86. The minimum Gasteiger partial charge on any atom is -0.497 e. The first-order chi connectivity index (χ1) is 14.7. The quantitative estimate of drug-likeness (QED) is 0.522. The lowest BCUT2D eigenvalue weighted by atomic mass is 10.2. The number of rotatable bonds is 8. The summed E-state index contributed by atoms with van der Waals surface area (Å²) in [5.74, 6) is 0.218. The minimum absolute atomic E-state index is 0.256. The summed E-state index contributed by atoms with van der Waals surface area (Å²) in [7, 11) is -2.15. The van der Waals surface area contributed by atoms with Crippen molar-refractivity contribution in [3.8, 4) is 16.3 Å². The van der Waals surface area contributed by atoms with Crippen molar-refractivity contribution < 1.29 is 17.9 Å². The summed E-state index contributed by atoms with van der Waals surface area (Å²) in [6.07, 6.45) is 1.32. The largest absolute Gasteiger partial charge is 0.497 e. The fourth-order valence-electron chi connectivity index (χ4n) is 2.96. The molecule has 0 fully saturated rings. The maximum absolute atomic E-state index is 13.0. The van der Waals surface area contributed by atoms with Gasteiger partial charge in [0, 0.05) is 10.6 Å². The molecule has 0 aliphatic heterocycles. The summed E-state index contributed by atoms with van der Waals surface area (Å²) in [5, 5.41) is 12.2. The van der Waals surface area contributed by atoms with Crippen molar-refractivity contribution in [2.45, 2.75) is 19.4 Å². The van der Waals surface area contributed by atoms with Crippen LogP contribution in [0.1, 0.15) is 13.3 Å². The van der Waals surface area contributed by atoms with E-state index >= 15 is 0 Å². The molecule has 0 aliphatic rings. The van der Waals surface area contributed by atoms with E-state index in [0.29, 0.717) is 15.7 Å². The van der Waals surface area contributed by atoms with Gasteiger partial charge in [-0.3, -0.25) is 14.4 Å². The van der Waals surface area contributed by atoms with Crippen LogP contribution in [-0.2, 0) is 14.8 Å². The summed E-state index contributed by atoms with van der Waals surface area (Å²) in [4.78, 5) is 13.0. The highest BCUT2D eigenvalue weighted by Crippen LogP contribution is 2.29. The molecule has 3 rings (SSSR count). The first kappa shape index (κ1) is 23.0. The molecule has 0 unspecified atom stereocenters. The molecule has 11 heteroatoms. The van der Waals surface area contributed by atoms with Crippen LogP contribution in [-0.4, -0.2) is 43.9 Å². The molecule has 1 heterocycles. The topological polar surface area (TPSA) is 101 Å². The Labute approximate surface area is 189 Å². The zero-order chi connectivity index (χ0) is 22.6. The lowest BCUT2D eigenvalue weighted by Gasteiger charge is -2.29. The molecule has 1 N–H and O–H groups in total. The number of carbonyl (C=O) groups excluding carboxylic acids is 1. The number of benzene rings is 2. The molecule has 1 aromatic heterocycles. The van der Waals surface area contributed by atoms with Gasteiger partial charge in [0.2, 0.25) is 21.1 Å². The van der Waals surface area contributed by atoms with E-state index in [1.54, 1.807) is 50.4 Å². The molecule has 3 aromatic rings. The van der Waals surface area contributed by atoms with E-state index < -0.39 is 22.0 Å². The Morgan fingerprint density at radius 1 is 1.16 bits per heavy atom. The van der Waals surface area contributed by atoms with Crippen LogP contribution in [0.25, 0.3) is 10.6 Å². The average molecular weight is 481 g/mol. The zero-order valence-electron chi connectivity index (χ0n) is 17.1. The lowest BCUT2D eigenvalue weighted by Crippen LogP contribution is -2.46. The van der Waals surface area contributed by atoms with Gasteiger partial charge < -0.3 is 4.74 Å². The molecule has 0 spiro atoms. The Hall–Kier alpha value is -2.69. The smallest absolute Gasteiger partial charge is 0.250 e. The van der Waals surface area contributed by atoms with Crippen LogP contribution in [0.4, 0.5) is 10.8 Å². The maximum atomic E-state index is 13.0. The highest BCUT2D eigenvalue weighted by molar-refractivity contribution is 7.92. The second-order valence-electron chi connectivity index (χ2n) is 6.59. The number of carbonyl (C=O) groups is 1. The number of sulfonamides is 1. The Morgan fingerprint density at radius 3 is 2.35 bits per heavy atom. The fraction of sp³-hybridized carbons (Fsp3) is 0.250. The van der Waals surface area contributed by atoms with E-state index in [1.807, 2.05) is 12.1 Å². The minimum atomic E-state index is -3.74. The predicted octanol–water partition coefficient (Wildman–Crippen LogP) is 4.05. The monoisotopic (exact) mass is 480 g/mol. The van der Waals surface area contributed by atoms with E-state index in [0.717, 1.165) is 21.9 Å². The van der Waals surface area contributed by atoms with Crippen LogP contribution in [0.15, 0.2) is 48.5 Å². The van der Waals surface area contributed by atoms with E-state index in [4.69, 9.17) is 16.3 Å². The Kier molecular flexibility index (Phi) is 7.14. The third kappa shape index (κ3) is 5.52. The van der Waals surface area contributed by atoms with Crippen LogP contribution in [0.5, 0.6) is 5.75 Å². The van der Waals surface area contributed by atoms with E-state index in [-0.39, 0.29) is 11.6 Å². The standard InChI is InChI=1S/C20H21ClN4O4S2/c1-4-17(25(31(3,27)28)15-9-7-14(21)8-10-15)18(26)22-20-24-23-19(30-20)13-5-11-16(29-2)12-6-13/h5-12,17H,4H2,1-3H3,(H,22,24,26)/t17-/m0/s1. The molecule has 8 nitrogen and oxygen atoms in total. The summed E-state index contributed by atoms with van der Waals surface area (Å²) in [6, 6.07) is 12.6. The number of hydrogen-bond acceptors (Lipinski definition) is 7. The van der Waals surface area contributed by atoms with Crippen LogP contribution in [0.3, 0.4) is 0 Å². The van der Waals surface area contributed by atoms with Crippen molar-refractivity contribution in [3.05, 3.63) is 53.6 Å².